The van der Waals surface area contributed by atoms with E-state index in [2.05, 4.69) is 118 Å². The summed E-state index contributed by atoms with van der Waals surface area (Å²) in [5.74, 6) is 0.644. The fourth-order valence-electron chi connectivity index (χ4n) is 7.85. The van der Waals surface area contributed by atoms with E-state index in [0.29, 0.717) is 44.6 Å². The molecule has 0 unspecified atom stereocenters. The molecule has 3 aromatic heterocycles. The van der Waals surface area contributed by atoms with Gasteiger partial charge < -0.3 is 14.0 Å². The maximum atomic E-state index is 14.5. The second kappa shape index (κ2) is 18.1. The minimum atomic E-state index is -4.33. The van der Waals surface area contributed by atoms with Crippen molar-refractivity contribution in [3.63, 3.8) is 0 Å². The second-order valence-electron chi connectivity index (χ2n) is 17.2. The molecule has 0 amide bonds. The van der Waals surface area contributed by atoms with E-state index >= 15 is 0 Å². The van der Waals surface area contributed by atoms with Gasteiger partial charge in [0.15, 0.2) is 0 Å². The molecule has 6 aromatic carbocycles. The molecular weight excluding hydrogens is 1000 g/mol. The Labute approximate surface area is 384 Å². The van der Waals surface area contributed by atoms with Crippen LogP contribution in [0.5, 0.6) is 0 Å². The molecule has 0 N–H and O–H groups in total. The molecule has 9 aromatic rings. The summed E-state index contributed by atoms with van der Waals surface area (Å²) in [4.78, 5) is 9.48. The van der Waals surface area contributed by atoms with Crippen molar-refractivity contribution in [2.24, 2.45) is 0 Å². The number of rotatable bonds is 7. The maximum absolute atomic E-state index is 14.5. The zero-order valence-corrected chi connectivity index (χ0v) is 39.7. The molecule has 0 aliphatic carbocycles. The Kier molecular flexibility index (Phi) is 13.0. The number of fused-ring (bicyclic) bond motifs is 4. The van der Waals surface area contributed by atoms with Gasteiger partial charge in [-0.15, -0.1) is 48.0 Å². The average molecular weight is 1050 g/mol. The van der Waals surface area contributed by atoms with Crippen LogP contribution in [-0.2, 0) is 26.3 Å². The second-order valence-corrected chi connectivity index (χ2v) is 22.3. The number of nitrogens with zero attached hydrogens (tertiary/aromatic N) is 4. The summed E-state index contributed by atoms with van der Waals surface area (Å²) < 4.78 is 60.5. The van der Waals surface area contributed by atoms with E-state index in [0.717, 1.165) is 28.9 Å². The van der Waals surface area contributed by atoms with E-state index in [-0.39, 0.29) is 37.5 Å². The van der Waals surface area contributed by atoms with Crippen molar-refractivity contribution in [1.29, 1.82) is 5.26 Å². The van der Waals surface area contributed by atoms with Crippen molar-refractivity contribution in [3.8, 4) is 45.5 Å². The number of pyridine rings is 1. The Bertz CT molecular complexity index is 3080. The Morgan fingerprint density at radius 1 is 0.766 bits per heavy atom. The van der Waals surface area contributed by atoms with Gasteiger partial charge in [-0.3, -0.25) is 4.98 Å². The monoisotopic (exact) mass is 1050 g/mol. The van der Waals surface area contributed by atoms with Gasteiger partial charge in [0.2, 0.25) is 0 Å². The van der Waals surface area contributed by atoms with Crippen molar-refractivity contribution in [2.75, 3.05) is 0 Å². The normalized spacial score (nSPS) is 11.8. The zero-order chi connectivity index (χ0) is 44.8. The van der Waals surface area contributed by atoms with E-state index in [9.17, 15) is 22.8 Å². The summed E-state index contributed by atoms with van der Waals surface area (Å²) in [5, 5.41) is 12.2. The summed E-state index contributed by atoms with van der Waals surface area (Å²) in [6.07, 6.45) is -2.52. The molecule has 0 saturated heterocycles. The largest absolute Gasteiger partial charge is 0.499 e. The topological polar surface area (TPSA) is 67.6 Å². The summed E-state index contributed by atoms with van der Waals surface area (Å²) >= 11 is 0. The van der Waals surface area contributed by atoms with Gasteiger partial charge in [0.05, 0.1) is 36.1 Å². The van der Waals surface area contributed by atoms with Crippen LogP contribution in [0.25, 0.3) is 72.4 Å². The minimum Gasteiger partial charge on any atom is -0.499 e. The third-order valence-electron chi connectivity index (χ3n) is 11.2. The van der Waals surface area contributed by atoms with Gasteiger partial charge in [-0.2, -0.15) is 18.4 Å². The van der Waals surface area contributed by atoms with Crippen LogP contribution in [0.4, 0.5) is 17.6 Å². The molecule has 0 aliphatic heterocycles. The predicted octanol–water partition coefficient (Wildman–Crippen LogP) is 14.4. The van der Waals surface area contributed by atoms with Gasteiger partial charge in [-0.1, -0.05) is 113 Å². The molecule has 0 bridgehead atoms. The summed E-state index contributed by atoms with van der Waals surface area (Å²) in [6, 6.07) is 44.9. The molecule has 0 fully saturated rings. The molecule has 9 rings (SSSR count). The molecule has 0 aliphatic rings. The number of hydrogen-bond donors (Lipinski definition) is 0. The third-order valence-corrected chi connectivity index (χ3v) is 13.2. The number of para-hydroxylation sites is 2. The summed E-state index contributed by atoms with van der Waals surface area (Å²) in [7, 11) is -1.41. The van der Waals surface area contributed by atoms with Crippen LogP contribution < -0.4 is 5.19 Å². The molecule has 0 saturated carbocycles. The number of alkyl halides is 3. The van der Waals surface area contributed by atoms with Gasteiger partial charge in [0.1, 0.15) is 17.5 Å². The molecule has 5 nitrogen and oxygen atoms in total. The number of benzene rings is 6. The average Bonchev–Trinajstić information content (AvgIpc) is 3.84. The van der Waals surface area contributed by atoms with Crippen molar-refractivity contribution in [3.05, 3.63) is 168 Å². The first-order valence-corrected chi connectivity index (χ1v) is 24.3. The molecule has 1 radical (unpaired) electrons. The van der Waals surface area contributed by atoms with E-state index in [1.807, 2.05) is 54.7 Å². The van der Waals surface area contributed by atoms with Crippen molar-refractivity contribution < 1.29 is 42.1 Å². The first-order chi connectivity index (χ1) is 30.0. The number of imidazole rings is 1. The fourth-order valence-corrected chi connectivity index (χ4v) is 8.89. The molecule has 64 heavy (non-hydrogen) atoms. The van der Waals surface area contributed by atoms with Crippen molar-refractivity contribution in [2.45, 2.75) is 65.3 Å². The first-order valence-electron chi connectivity index (χ1n) is 20.8. The van der Waals surface area contributed by atoms with Gasteiger partial charge in [-0.05, 0) is 86.9 Å². The SMILES string of the molecule is CC(C)c1cc(-c2ccccc2)cc(C(C)C)c1-n1c(-c2[c-]ccc3c2oc2c(C#N)cc(F)cc23)nc2ccccc21.C[Si](C)(C)c1ccc(-c2[c-]cc(C(F)(F)F)cc2)nc1.[Ir]. The molecular formula is C53H44F4IrN4OSi-2. The first kappa shape index (κ1) is 45.8. The van der Waals surface area contributed by atoms with Crippen LogP contribution in [0.15, 0.2) is 132 Å². The molecule has 0 atom stereocenters. The number of aromatic nitrogens is 3. The standard InChI is InChI=1S/C38H29FN3O.C15H15F3NSi.Ir/c1-22(2)30-18-25(24-11-6-5-7-12-24)19-31(23(3)4)35(30)42-34-16-9-8-15-33(34)41-38(42)29-14-10-13-28-32-20-27(39)17-26(21-40)36(32)43-37(28)29;1-20(2,3)13-8-9-14(19-10-13)11-4-6-12(7-5-11)15(16,17)18;/h5-13,15-20,22-23H,1-4H3;4,6-10H,1-3H3;/q2*-1;. The van der Waals surface area contributed by atoms with Crippen LogP contribution in [-0.4, -0.2) is 22.6 Å². The van der Waals surface area contributed by atoms with Crippen LogP contribution in [0.3, 0.4) is 0 Å². The van der Waals surface area contributed by atoms with Crippen molar-refractivity contribution in [1.82, 2.24) is 14.5 Å². The number of nitriles is 1. The Morgan fingerprint density at radius 3 is 2.05 bits per heavy atom. The van der Waals surface area contributed by atoms with E-state index in [1.54, 1.807) is 0 Å². The number of halogens is 4. The van der Waals surface area contributed by atoms with Gasteiger partial charge in [0.25, 0.3) is 0 Å². The minimum absolute atomic E-state index is 0. The number of hydrogen-bond acceptors (Lipinski definition) is 4. The van der Waals surface area contributed by atoms with Crippen LogP contribution in [0.1, 0.15) is 61.8 Å². The Balaban J connectivity index is 0.000000246. The Morgan fingerprint density at radius 2 is 1.45 bits per heavy atom. The molecule has 325 valence electrons. The van der Waals surface area contributed by atoms with E-state index in [4.69, 9.17) is 9.40 Å². The smallest absolute Gasteiger partial charge is 0.381 e. The van der Waals surface area contributed by atoms with Gasteiger partial charge in [-0.25, -0.2) is 4.39 Å². The third kappa shape index (κ3) is 8.96. The van der Waals surface area contributed by atoms with Gasteiger partial charge in [0, 0.05) is 37.4 Å². The summed E-state index contributed by atoms with van der Waals surface area (Å²) in [5.41, 5.74) is 9.90. The van der Waals surface area contributed by atoms with E-state index < -0.39 is 25.6 Å². The predicted molar refractivity (Wildman–Crippen MR) is 247 cm³/mol. The van der Waals surface area contributed by atoms with Crippen LogP contribution in [0.2, 0.25) is 19.6 Å². The van der Waals surface area contributed by atoms with E-state index in [1.165, 1.54) is 45.6 Å². The quantitative estimate of drug-likeness (QED) is 0.0906. The molecule has 3 heterocycles. The zero-order valence-electron chi connectivity index (χ0n) is 36.3. The van der Waals surface area contributed by atoms with Crippen LogP contribution >= 0.6 is 0 Å². The Hall–Kier alpha value is -6.18. The van der Waals surface area contributed by atoms with Gasteiger partial charge >= 0.3 is 6.18 Å². The maximum Gasteiger partial charge on any atom is 0.381 e. The van der Waals surface area contributed by atoms with Crippen molar-refractivity contribution >= 4 is 46.2 Å². The fraction of sp³-hybridized carbons (Fsp3) is 0.189. The molecule has 11 heteroatoms. The number of furan rings is 1. The molecule has 0 spiro atoms. The summed E-state index contributed by atoms with van der Waals surface area (Å²) in [6.45, 7) is 15.5. The van der Waals surface area contributed by atoms with Crippen LogP contribution in [0, 0.1) is 29.3 Å².